The lowest BCUT2D eigenvalue weighted by molar-refractivity contribution is -0.186. The van der Waals surface area contributed by atoms with Crippen LogP contribution in [-0.4, -0.2) is 30.6 Å². The highest BCUT2D eigenvalue weighted by Gasteiger charge is 2.84. The Labute approximate surface area is 169 Å². The van der Waals surface area contributed by atoms with Gasteiger partial charge in [-0.2, -0.15) is 0 Å². The van der Waals surface area contributed by atoms with Crippen molar-refractivity contribution < 1.29 is 19.4 Å². The lowest BCUT2D eigenvalue weighted by atomic mass is 9.43. The van der Waals surface area contributed by atoms with Gasteiger partial charge in [0.1, 0.15) is 11.7 Å². The molecule has 28 heavy (non-hydrogen) atoms. The van der Waals surface area contributed by atoms with Gasteiger partial charge >= 0.3 is 5.97 Å². The zero-order chi connectivity index (χ0) is 20.5. The van der Waals surface area contributed by atoms with E-state index in [1.54, 1.807) is 0 Å². The van der Waals surface area contributed by atoms with Crippen molar-refractivity contribution in [1.29, 1.82) is 0 Å². The molecule has 4 heteroatoms. The number of fused-ring (bicyclic) bond motifs is 2. The molecule has 0 aromatic carbocycles. The topological polar surface area (TPSA) is 63.6 Å². The van der Waals surface area contributed by atoms with Crippen molar-refractivity contribution in [2.45, 2.75) is 60.3 Å². The first-order chi connectivity index (χ1) is 13.2. The fraction of sp³-hybridized carbons (Fsp3) is 0.833. The first-order valence-corrected chi connectivity index (χ1v) is 11.2. The molecule has 4 rings (SSSR count). The molecule has 0 amide bonds. The molecule has 4 unspecified atom stereocenters. The first-order valence-electron chi connectivity index (χ1n) is 11.2. The van der Waals surface area contributed by atoms with E-state index in [2.05, 4.69) is 40.7 Å². The molecule has 156 valence electrons. The van der Waals surface area contributed by atoms with Crippen molar-refractivity contribution in [3.05, 3.63) is 11.6 Å². The predicted molar refractivity (Wildman–Crippen MR) is 108 cm³/mol. The van der Waals surface area contributed by atoms with Crippen molar-refractivity contribution in [2.24, 2.45) is 51.8 Å². The Balaban J connectivity index is 1.90. The molecule has 0 spiro atoms. The number of hydrogen-bond acceptors (Lipinski definition) is 3. The second-order valence-electron chi connectivity index (χ2n) is 10.9. The minimum atomic E-state index is -1.09. The summed E-state index contributed by atoms with van der Waals surface area (Å²) in [5.74, 6) is 1.07. The molecule has 0 radical (unpaired) electrons. The summed E-state index contributed by atoms with van der Waals surface area (Å²) in [6, 6.07) is 0. The number of carbonyl (C=O) groups excluding carboxylic acids is 1. The van der Waals surface area contributed by atoms with Crippen LogP contribution in [0, 0.1) is 51.8 Å². The maximum Gasteiger partial charge on any atom is 0.315 e. The Morgan fingerprint density at radius 1 is 1.29 bits per heavy atom. The third-order valence-corrected chi connectivity index (χ3v) is 8.93. The van der Waals surface area contributed by atoms with Gasteiger partial charge in [0.15, 0.2) is 0 Å². The number of aldehydes is 1. The number of aliphatic carboxylic acids is 1. The molecule has 3 fully saturated rings. The molecule has 0 saturated heterocycles. The van der Waals surface area contributed by atoms with Crippen molar-refractivity contribution in [1.82, 2.24) is 0 Å². The Morgan fingerprint density at radius 2 is 2.00 bits per heavy atom. The largest absolute Gasteiger partial charge is 0.481 e. The van der Waals surface area contributed by atoms with Gasteiger partial charge in [-0.3, -0.25) is 4.79 Å². The van der Waals surface area contributed by atoms with Crippen molar-refractivity contribution >= 4 is 12.3 Å². The normalized spacial score (nSPS) is 46.2. The standard InChI is InChI=1S/C24H36O4/c1-14(2)11-28-13-23-10-18-16(5)6-7-19(18)22(12-25)9-17(23)8-20(15(3)4)24(22,23)21(26)27/h8,12,14-19H,6-7,9-11,13H2,1-5H3,(H,26,27)/t16?,17-,18?,19?,22-,23?,24-/m0/s1. The monoisotopic (exact) mass is 388 g/mol. The van der Waals surface area contributed by atoms with E-state index in [1.165, 1.54) is 0 Å². The number of carboxylic acid groups (broad SMARTS) is 1. The average Bonchev–Trinajstić information content (AvgIpc) is 3.18. The quantitative estimate of drug-likeness (QED) is 0.512. The fourth-order valence-corrected chi connectivity index (χ4v) is 8.11. The van der Waals surface area contributed by atoms with Gasteiger partial charge in [-0.1, -0.05) is 52.7 Å². The van der Waals surface area contributed by atoms with Crippen molar-refractivity contribution in [3.8, 4) is 0 Å². The van der Waals surface area contributed by atoms with E-state index < -0.39 is 22.2 Å². The zero-order valence-electron chi connectivity index (χ0n) is 18.0. The average molecular weight is 389 g/mol. The van der Waals surface area contributed by atoms with E-state index in [4.69, 9.17) is 4.74 Å². The smallest absolute Gasteiger partial charge is 0.315 e. The Kier molecular flexibility index (Phi) is 4.61. The van der Waals surface area contributed by atoms with Gasteiger partial charge < -0.3 is 14.6 Å². The summed E-state index contributed by atoms with van der Waals surface area (Å²) in [6.45, 7) is 11.8. The van der Waals surface area contributed by atoms with Gasteiger partial charge in [0.25, 0.3) is 0 Å². The first kappa shape index (κ1) is 20.1. The second kappa shape index (κ2) is 6.42. The van der Waals surface area contributed by atoms with E-state index in [0.29, 0.717) is 37.4 Å². The summed E-state index contributed by atoms with van der Waals surface area (Å²) < 4.78 is 6.20. The Bertz CT molecular complexity index is 709. The maximum absolute atomic E-state index is 13.2. The van der Waals surface area contributed by atoms with Crippen LogP contribution >= 0.6 is 0 Å². The zero-order valence-corrected chi connectivity index (χ0v) is 18.0. The molecule has 0 aliphatic heterocycles. The van der Waals surface area contributed by atoms with E-state index in [1.807, 2.05) is 0 Å². The predicted octanol–water partition coefficient (Wildman–Crippen LogP) is 4.58. The highest BCUT2D eigenvalue weighted by molar-refractivity contribution is 5.90. The van der Waals surface area contributed by atoms with Gasteiger partial charge in [0.05, 0.1) is 12.0 Å². The third kappa shape index (κ3) is 2.11. The summed E-state index contributed by atoms with van der Waals surface area (Å²) >= 11 is 0. The van der Waals surface area contributed by atoms with Gasteiger partial charge in [0.2, 0.25) is 0 Å². The molecule has 4 nitrogen and oxygen atoms in total. The van der Waals surface area contributed by atoms with E-state index >= 15 is 0 Å². The van der Waals surface area contributed by atoms with E-state index in [0.717, 1.165) is 31.1 Å². The number of carbonyl (C=O) groups is 2. The van der Waals surface area contributed by atoms with Crippen LogP contribution in [0.4, 0.5) is 0 Å². The van der Waals surface area contributed by atoms with Gasteiger partial charge in [-0.25, -0.2) is 0 Å². The van der Waals surface area contributed by atoms with Crippen LogP contribution in [0.25, 0.3) is 0 Å². The molecular formula is C24H36O4. The molecular weight excluding hydrogens is 352 g/mol. The number of ether oxygens (including phenoxy) is 1. The Hall–Kier alpha value is -1.16. The molecule has 0 aromatic rings. The highest BCUT2D eigenvalue weighted by atomic mass is 16.5. The fourth-order valence-electron chi connectivity index (χ4n) is 8.11. The SMILES string of the molecule is CC(C)COCC12CC3C(C)CCC3[C@@]3(C=O)C[C@@H]1C=C(C(C)C)[C@@]23C(=O)O. The molecule has 4 aliphatic carbocycles. The highest BCUT2D eigenvalue weighted by Crippen LogP contribution is 2.82. The van der Waals surface area contributed by atoms with Crippen LogP contribution in [0.2, 0.25) is 0 Å². The molecule has 4 aliphatic rings. The molecule has 4 bridgehead atoms. The van der Waals surface area contributed by atoms with Gasteiger partial charge in [-0.05, 0) is 54.8 Å². The van der Waals surface area contributed by atoms with Crippen LogP contribution in [0.3, 0.4) is 0 Å². The van der Waals surface area contributed by atoms with Crippen molar-refractivity contribution in [2.75, 3.05) is 13.2 Å². The minimum Gasteiger partial charge on any atom is -0.481 e. The molecule has 0 heterocycles. The molecule has 7 atom stereocenters. The molecule has 0 aromatic heterocycles. The molecule has 1 N–H and O–H groups in total. The van der Waals surface area contributed by atoms with E-state index in [-0.39, 0.29) is 17.8 Å². The van der Waals surface area contributed by atoms with Crippen LogP contribution in [0.1, 0.15) is 60.3 Å². The van der Waals surface area contributed by atoms with Gasteiger partial charge in [-0.15, -0.1) is 0 Å². The number of carboxylic acids is 1. The minimum absolute atomic E-state index is 0.126. The number of rotatable bonds is 7. The van der Waals surface area contributed by atoms with Crippen LogP contribution in [-0.2, 0) is 14.3 Å². The van der Waals surface area contributed by atoms with Crippen LogP contribution in [0.15, 0.2) is 11.6 Å². The lowest BCUT2D eigenvalue weighted by Gasteiger charge is -2.58. The summed E-state index contributed by atoms with van der Waals surface area (Å²) in [5, 5.41) is 10.8. The number of hydrogen-bond donors (Lipinski definition) is 1. The van der Waals surface area contributed by atoms with Crippen molar-refractivity contribution in [3.63, 3.8) is 0 Å². The van der Waals surface area contributed by atoms with Gasteiger partial charge in [0, 0.05) is 12.0 Å². The lowest BCUT2D eigenvalue weighted by Crippen LogP contribution is -2.63. The summed E-state index contributed by atoms with van der Waals surface area (Å²) in [7, 11) is 0. The second-order valence-corrected chi connectivity index (χ2v) is 10.9. The Morgan fingerprint density at radius 3 is 2.57 bits per heavy atom. The van der Waals surface area contributed by atoms with Crippen LogP contribution < -0.4 is 0 Å². The summed E-state index contributed by atoms with van der Waals surface area (Å²) in [5.41, 5.74) is -1.35. The summed E-state index contributed by atoms with van der Waals surface area (Å²) in [6.07, 6.45) is 7.00. The number of allylic oxidation sites excluding steroid dienone is 1. The third-order valence-electron chi connectivity index (χ3n) is 8.93. The maximum atomic E-state index is 13.2. The summed E-state index contributed by atoms with van der Waals surface area (Å²) in [4.78, 5) is 26.0. The van der Waals surface area contributed by atoms with Crippen LogP contribution in [0.5, 0.6) is 0 Å². The van der Waals surface area contributed by atoms with E-state index in [9.17, 15) is 14.7 Å². The molecule has 3 saturated carbocycles.